The second-order valence-corrected chi connectivity index (χ2v) is 10.3. The molecule has 2 heterocycles. The van der Waals surface area contributed by atoms with Crippen LogP contribution in [0.25, 0.3) is 22.0 Å². The van der Waals surface area contributed by atoms with E-state index in [0.29, 0.717) is 29.5 Å². The molecule has 2 N–H and O–H groups in total. The maximum atomic E-state index is 13.9. The van der Waals surface area contributed by atoms with Gasteiger partial charge >= 0.3 is 12.1 Å². The van der Waals surface area contributed by atoms with Gasteiger partial charge in [0.15, 0.2) is 0 Å². The Kier molecular flexibility index (Phi) is 6.37. The van der Waals surface area contributed by atoms with Gasteiger partial charge in [-0.25, -0.2) is 4.79 Å². The number of amides is 1. The molecule has 6 rings (SSSR count). The number of carboxylic acids is 1. The van der Waals surface area contributed by atoms with Crippen LogP contribution in [0.15, 0.2) is 97.5 Å². The fourth-order valence-electron chi connectivity index (χ4n) is 5.19. The minimum atomic E-state index is -4.42. The lowest BCUT2D eigenvalue weighted by Crippen LogP contribution is -2.35. The molecule has 1 fully saturated rings. The highest BCUT2D eigenvalue weighted by Crippen LogP contribution is 2.46. The number of hydrogen-bond acceptors (Lipinski definition) is 3. The predicted octanol–water partition coefficient (Wildman–Crippen LogP) is 6.89. The van der Waals surface area contributed by atoms with E-state index in [2.05, 4.69) is 10.3 Å². The average Bonchev–Trinajstić information content (AvgIpc) is 3.64. The summed E-state index contributed by atoms with van der Waals surface area (Å²) in [5.41, 5.74) is 3.16. The van der Waals surface area contributed by atoms with Crippen LogP contribution in [-0.2, 0) is 18.3 Å². The van der Waals surface area contributed by atoms with Crippen molar-refractivity contribution in [3.8, 4) is 11.1 Å². The number of aromatic nitrogens is 2. The fraction of sp³-hybridized carbons (Fsp3) is 0.156. The largest absolute Gasteiger partial charge is 0.478 e. The summed E-state index contributed by atoms with van der Waals surface area (Å²) in [5.74, 6) is -1.31. The zero-order valence-electron chi connectivity index (χ0n) is 21.7. The summed E-state index contributed by atoms with van der Waals surface area (Å²) in [7, 11) is 0. The highest BCUT2D eigenvalue weighted by Gasteiger charge is 2.46. The molecule has 206 valence electrons. The molecule has 0 spiro atoms. The lowest BCUT2D eigenvalue weighted by molar-refractivity contribution is -0.137. The molecule has 1 aliphatic carbocycles. The molecule has 9 heteroatoms. The number of benzene rings is 3. The predicted molar refractivity (Wildman–Crippen MR) is 147 cm³/mol. The minimum Gasteiger partial charge on any atom is -0.478 e. The Hall–Kier alpha value is -4.92. The van der Waals surface area contributed by atoms with Gasteiger partial charge in [0.1, 0.15) is 0 Å². The number of pyridine rings is 1. The number of carboxylic acid groups (broad SMARTS) is 1. The van der Waals surface area contributed by atoms with Crippen LogP contribution in [0.4, 0.5) is 13.2 Å². The first-order valence-electron chi connectivity index (χ1n) is 13.0. The zero-order valence-corrected chi connectivity index (χ0v) is 21.7. The number of halogens is 3. The normalized spacial score (nSPS) is 14.1. The van der Waals surface area contributed by atoms with Crippen LogP contribution in [0.3, 0.4) is 0 Å². The lowest BCUT2D eigenvalue weighted by Gasteiger charge is -2.20. The number of fused-ring (bicyclic) bond motifs is 1. The van der Waals surface area contributed by atoms with Gasteiger partial charge in [-0.2, -0.15) is 13.2 Å². The molecule has 3 aromatic carbocycles. The molecule has 5 aromatic rings. The van der Waals surface area contributed by atoms with E-state index in [9.17, 15) is 27.9 Å². The van der Waals surface area contributed by atoms with Crippen molar-refractivity contribution in [1.29, 1.82) is 0 Å². The van der Waals surface area contributed by atoms with Crippen molar-refractivity contribution in [2.24, 2.45) is 0 Å². The van der Waals surface area contributed by atoms with Gasteiger partial charge in [-0.1, -0.05) is 24.3 Å². The van der Waals surface area contributed by atoms with E-state index in [-0.39, 0.29) is 18.0 Å². The summed E-state index contributed by atoms with van der Waals surface area (Å²) in [6.07, 6.45) is 2.19. The summed E-state index contributed by atoms with van der Waals surface area (Å²) >= 11 is 0. The molecule has 1 amide bonds. The molecular formula is C32H24F3N3O3. The van der Waals surface area contributed by atoms with Gasteiger partial charge < -0.3 is 15.0 Å². The maximum absolute atomic E-state index is 13.9. The first-order chi connectivity index (χ1) is 19.6. The number of alkyl halides is 3. The van der Waals surface area contributed by atoms with Crippen molar-refractivity contribution in [3.63, 3.8) is 0 Å². The molecule has 2 aromatic heterocycles. The van der Waals surface area contributed by atoms with Crippen molar-refractivity contribution < 1.29 is 27.9 Å². The van der Waals surface area contributed by atoms with E-state index in [4.69, 9.17) is 0 Å². The van der Waals surface area contributed by atoms with Gasteiger partial charge in [0.25, 0.3) is 5.91 Å². The van der Waals surface area contributed by atoms with Gasteiger partial charge in [-0.05, 0) is 89.7 Å². The first kappa shape index (κ1) is 26.3. The second-order valence-electron chi connectivity index (χ2n) is 10.3. The van der Waals surface area contributed by atoms with Crippen LogP contribution in [0, 0.1) is 0 Å². The summed E-state index contributed by atoms with van der Waals surface area (Å²) in [6.45, 7) is 0.276. The molecule has 6 nitrogen and oxygen atoms in total. The highest BCUT2D eigenvalue weighted by atomic mass is 19.4. The standard InChI is InChI=1S/C32H24F3N3O3/c33-32(34,35)26-5-1-20(2-6-26)19-38-16-11-23-17-24(21-9-14-36-15-10-21)18-27(28(23)38)29(39)37-31(12-13-31)25-7-3-22(4-8-25)30(40)41/h1-11,14-18H,12-13,19H2,(H,37,39)(H,40,41). The Balaban J connectivity index is 1.38. The third kappa shape index (κ3) is 5.18. The number of rotatable bonds is 7. The molecular weight excluding hydrogens is 531 g/mol. The van der Waals surface area contributed by atoms with Gasteiger partial charge in [-0.3, -0.25) is 9.78 Å². The van der Waals surface area contributed by atoms with E-state index in [1.54, 1.807) is 24.5 Å². The van der Waals surface area contributed by atoms with Gasteiger partial charge in [-0.15, -0.1) is 0 Å². The summed E-state index contributed by atoms with van der Waals surface area (Å²) in [6, 6.07) is 20.9. The van der Waals surface area contributed by atoms with Crippen LogP contribution in [0.5, 0.6) is 0 Å². The molecule has 0 atom stereocenters. The smallest absolute Gasteiger partial charge is 0.416 e. The Bertz CT molecular complexity index is 1760. The highest BCUT2D eigenvalue weighted by molar-refractivity contribution is 6.08. The van der Waals surface area contributed by atoms with Crippen LogP contribution in [-0.4, -0.2) is 26.5 Å². The monoisotopic (exact) mass is 555 g/mol. The number of aromatic carboxylic acids is 1. The van der Waals surface area contributed by atoms with E-state index >= 15 is 0 Å². The van der Waals surface area contributed by atoms with Gasteiger partial charge in [0, 0.05) is 30.5 Å². The Morgan fingerprint density at radius 3 is 2.20 bits per heavy atom. The quantitative estimate of drug-likeness (QED) is 0.229. The van der Waals surface area contributed by atoms with Crippen LogP contribution in [0.1, 0.15) is 50.2 Å². The molecule has 0 bridgehead atoms. The average molecular weight is 556 g/mol. The molecule has 0 radical (unpaired) electrons. The number of carbonyl (C=O) groups is 2. The number of hydrogen-bond donors (Lipinski definition) is 2. The summed E-state index contributed by atoms with van der Waals surface area (Å²) in [5, 5.41) is 13.2. The van der Waals surface area contributed by atoms with Crippen molar-refractivity contribution >= 4 is 22.8 Å². The zero-order chi connectivity index (χ0) is 28.8. The van der Waals surface area contributed by atoms with Gasteiger partial charge in [0.05, 0.1) is 27.7 Å². The fourth-order valence-corrected chi connectivity index (χ4v) is 5.19. The SMILES string of the molecule is O=C(O)c1ccc(C2(NC(=O)c3cc(-c4ccncc4)cc4ccn(Cc5ccc(C(F)(F)F)cc5)c34)CC2)cc1. The molecule has 0 saturated heterocycles. The molecule has 1 saturated carbocycles. The molecule has 1 aliphatic rings. The first-order valence-corrected chi connectivity index (χ1v) is 13.0. The van der Waals surface area contributed by atoms with Gasteiger partial charge in [0.2, 0.25) is 0 Å². The summed E-state index contributed by atoms with van der Waals surface area (Å²) in [4.78, 5) is 29.3. The van der Waals surface area contributed by atoms with Crippen molar-refractivity contribution in [3.05, 3.63) is 125 Å². The molecule has 0 unspecified atom stereocenters. The number of nitrogens with one attached hydrogen (secondary N) is 1. The molecule has 0 aliphatic heterocycles. The Labute approximate surface area is 233 Å². The Morgan fingerprint density at radius 2 is 1.59 bits per heavy atom. The van der Waals surface area contributed by atoms with Crippen molar-refractivity contribution in [2.45, 2.75) is 31.1 Å². The minimum absolute atomic E-state index is 0.170. The van der Waals surface area contributed by atoms with E-state index in [0.717, 1.165) is 34.2 Å². The summed E-state index contributed by atoms with van der Waals surface area (Å²) < 4.78 is 41.1. The number of carbonyl (C=O) groups excluding carboxylic acids is 1. The van der Waals surface area contributed by atoms with Crippen molar-refractivity contribution in [1.82, 2.24) is 14.9 Å². The van der Waals surface area contributed by atoms with E-state index in [1.807, 2.05) is 41.1 Å². The van der Waals surface area contributed by atoms with Crippen LogP contribution in [0.2, 0.25) is 0 Å². The lowest BCUT2D eigenvalue weighted by atomic mass is 9.99. The van der Waals surface area contributed by atoms with Crippen LogP contribution >= 0.6 is 0 Å². The maximum Gasteiger partial charge on any atom is 0.416 e. The third-order valence-electron chi connectivity index (χ3n) is 7.54. The van der Waals surface area contributed by atoms with Crippen molar-refractivity contribution in [2.75, 3.05) is 0 Å². The van der Waals surface area contributed by atoms with Crippen LogP contribution < -0.4 is 5.32 Å². The van der Waals surface area contributed by atoms with E-state index < -0.39 is 23.2 Å². The number of nitrogens with zero attached hydrogens (tertiary/aromatic N) is 2. The molecule has 41 heavy (non-hydrogen) atoms. The topological polar surface area (TPSA) is 84.2 Å². The van der Waals surface area contributed by atoms with E-state index in [1.165, 1.54) is 24.3 Å². The Morgan fingerprint density at radius 1 is 0.902 bits per heavy atom. The third-order valence-corrected chi connectivity index (χ3v) is 7.54. The second kappa shape index (κ2) is 9.92.